The first kappa shape index (κ1) is 23.2. The van der Waals surface area contributed by atoms with E-state index < -0.39 is 0 Å². The Morgan fingerprint density at radius 2 is 1.69 bits per heavy atom. The molecule has 3 atom stereocenters. The predicted molar refractivity (Wildman–Crippen MR) is 112 cm³/mol. The maximum Gasteiger partial charge on any atom is 0.239 e. The minimum Gasteiger partial charge on any atom is -0.340 e. The summed E-state index contributed by atoms with van der Waals surface area (Å²) in [5, 5.41) is 0. The van der Waals surface area contributed by atoms with Gasteiger partial charge in [0.2, 0.25) is 5.91 Å². The molecule has 3 rings (SSSR count). The highest BCUT2D eigenvalue weighted by Crippen LogP contribution is 2.32. The molecule has 0 aromatic heterocycles. The number of likely N-dealkylation sites (tertiary alicyclic amines) is 2. The highest BCUT2D eigenvalue weighted by molar-refractivity contribution is 5.85. The molecule has 4 nitrogen and oxygen atoms in total. The smallest absolute Gasteiger partial charge is 0.239 e. The van der Waals surface area contributed by atoms with Gasteiger partial charge in [-0.15, -0.1) is 24.8 Å². The number of hydrogen-bond donors (Lipinski definition) is 1. The summed E-state index contributed by atoms with van der Waals surface area (Å²) in [6.07, 6.45) is 5.03. The van der Waals surface area contributed by atoms with E-state index in [0.29, 0.717) is 18.4 Å². The number of amides is 1. The number of carbonyl (C=O) groups is 1. The Morgan fingerprint density at radius 1 is 1.08 bits per heavy atom. The first-order valence-electron chi connectivity index (χ1n) is 9.48. The van der Waals surface area contributed by atoms with E-state index in [2.05, 4.69) is 41.0 Å². The van der Waals surface area contributed by atoms with Crippen LogP contribution in [0.2, 0.25) is 0 Å². The third-order valence-corrected chi connectivity index (χ3v) is 5.83. The molecule has 26 heavy (non-hydrogen) atoms. The molecule has 2 heterocycles. The van der Waals surface area contributed by atoms with Crippen molar-refractivity contribution in [1.29, 1.82) is 0 Å². The van der Waals surface area contributed by atoms with Crippen LogP contribution in [0.3, 0.4) is 0 Å². The lowest BCUT2D eigenvalue weighted by Crippen LogP contribution is -2.47. The summed E-state index contributed by atoms with van der Waals surface area (Å²) < 4.78 is 0. The molecule has 0 aliphatic carbocycles. The Kier molecular flexibility index (Phi) is 9.94. The molecular formula is C20H33Cl2N3O. The van der Waals surface area contributed by atoms with Crippen LogP contribution in [0.15, 0.2) is 30.3 Å². The average Bonchev–Trinajstić information content (AvgIpc) is 2.88. The van der Waals surface area contributed by atoms with E-state index in [1.54, 1.807) is 0 Å². The number of rotatable bonds is 4. The number of halogens is 2. The SMILES string of the molecule is CC(C(=O)N1C[C@@H](CN)[C@H](c2ccccc2)C1)N1CCCCCC1.Cl.Cl. The highest BCUT2D eigenvalue weighted by Gasteiger charge is 2.37. The van der Waals surface area contributed by atoms with E-state index in [1.165, 1.54) is 31.2 Å². The average molecular weight is 402 g/mol. The van der Waals surface area contributed by atoms with Gasteiger partial charge in [0.05, 0.1) is 6.04 Å². The van der Waals surface area contributed by atoms with Crippen molar-refractivity contribution < 1.29 is 4.79 Å². The van der Waals surface area contributed by atoms with Crippen molar-refractivity contribution in [2.75, 3.05) is 32.7 Å². The first-order chi connectivity index (χ1) is 11.7. The molecule has 0 spiro atoms. The maximum atomic E-state index is 13.0. The molecule has 6 heteroatoms. The van der Waals surface area contributed by atoms with Crippen LogP contribution in [-0.4, -0.2) is 54.5 Å². The Morgan fingerprint density at radius 3 is 2.27 bits per heavy atom. The van der Waals surface area contributed by atoms with Crippen LogP contribution in [0.4, 0.5) is 0 Å². The summed E-state index contributed by atoms with van der Waals surface area (Å²) in [5.74, 6) is 1.03. The minimum atomic E-state index is -0.00366. The monoisotopic (exact) mass is 401 g/mol. The topological polar surface area (TPSA) is 49.6 Å². The zero-order valence-electron chi connectivity index (χ0n) is 15.7. The molecule has 0 radical (unpaired) electrons. The van der Waals surface area contributed by atoms with Crippen molar-refractivity contribution >= 4 is 30.7 Å². The van der Waals surface area contributed by atoms with Crippen LogP contribution in [0.1, 0.15) is 44.1 Å². The van der Waals surface area contributed by atoms with Gasteiger partial charge in [-0.25, -0.2) is 0 Å². The third-order valence-electron chi connectivity index (χ3n) is 5.83. The molecular weight excluding hydrogens is 369 g/mol. The fourth-order valence-electron chi connectivity index (χ4n) is 4.27. The Bertz CT molecular complexity index is 535. The van der Waals surface area contributed by atoms with Crippen molar-refractivity contribution in [3.8, 4) is 0 Å². The molecule has 2 aliphatic rings. The summed E-state index contributed by atoms with van der Waals surface area (Å²) in [7, 11) is 0. The van der Waals surface area contributed by atoms with Gasteiger partial charge >= 0.3 is 0 Å². The van der Waals surface area contributed by atoms with Crippen molar-refractivity contribution in [2.24, 2.45) is 11.7 Å². The van der Waals surface area contributed by atoms with Crippen molar-refractivity contribution in [3.05, 3.63) is 35.9 Å². The molecule has 2 saturated heterocycles. The number of carbonyl (C=O) groups excluding carboxylic acids is 1. The number of hydrogen-bond acceptors (Lipinski definition) is 3. The first-order valence-corrected chi connectivity index (χ1v) is 9.48. The summed E-state index contributed by atoms with van der Waals surface area (Å²) in [5.41, 5.74) is 7.33. The van der Waals surface area contributed by atoms with Gasteiger partial charge in [0.15, 0.2) is 0 Å². The van der Waals surface area contributed by atoms with Crippen LogP contribution < -0.4 is 5.73 Å². The number of benzene rings is 1. The van der Waals surface area contributed by atoms with Gasteiger partial charge in [-0.05, 0) is 50.9 Å². The Hall–Kier alpha value is -0.810. The Labute approximate surface area is 170 Å². The van der Waals surface area contributed by atoms with Gasteiger partial charge in [0.1, 0.15) is 0 Å². The molecule has 1 aromatic carbocycles. The zero-order chi connectivity index (χ0) is 16.9. The van der Waals surface area contributed by atoms with Crippen LogP contribution in [-0.2, 0) is 4.79 Å². The molecule has 2 aliphatic heterocycles. The Balaban J connectivity index is 0.00000169. The van der Waals surface area contributed by atoms with E-state index in [4.69, 9.17) is 5.73 Å². The van der Waals surface area contributed by atoms with E-state index >= 15 is 0 Å². The van der Waals surface area contributed by atoms with Gasteiger partial charge in [-0.3, -0.25) is 9.69 Å². The fraction of sp³-hybridized carbons (Fsp3) is 0.650. The molecule has 1 aromatic rings. The van der Waals surface area contributed by atoms with Gasteiger partial charge in [0, 0.05) is 19.0 Å². The van der Waals surface area contributed by atoms with Crippen LogP contribution >= 0.6 is 24.8 Å². The summed E-state index contributed by atoms with van der Waals surface area (Å²) in [4.78, 5) is 17.5. The van der Waals surface area contributed by atoms with Crippen LogP contribution in [0, 0.1) is 5.92 Å². The van der Waals surface area contributed by atoms with Crippen molar-refractivity contribution in [1.82, 2.24) is 9.80 Å². The van der Waals surface area contributed by atoms with E-state index in [9.17, 15) is 4.79 Å². The second-order valence-corrected chi connectivity index (χ2v) is 7.38. The molecule has 0 bridgehead atoms. The number of nitrogens with zero attached hydrogens (tertiary/aromatic N) is 2. The quantitative estimate of drug-likeness (QED) is 0.841. The molecule has 0 saturated carbocycles. The van der Waals surface area contributed by atoms with Crippen LogP contribution in [0.25, 0.3) is 0 Å². The molecule has 2 N–H and O–H groups in total. The van der Waals surface area contributed by atoms with Gasteiger partial charge in [0.25, 0.3) is 0 Å². The summed E-state index contributed by atoms with van der Waals surface area (Å²) >= 11 is 0. The van der Waals surface area contributed by atoms with Crippen LogP contribution in [0.5, 0.6) is 0 Å². The largest absolute Gasteiger partial charge is 0.340 e. The van der Waals surface area contributed by atoms with E-state index in [1.807, 2.05) is 6.07 Å². The second-order valence-electron chi connectivity index (χ2n) is 7.38. The van der Waals surface area contributed by atoms with Crippen molar-refractivity contribution in [3.63, 3.8) is 0 Å². The van der Waals surface area contributed by atoms with E-state index in [0.717, 1.165) is 26.2 Å². The minimum absolute atomic E-state index is 0. The van der Waals surface area contributed by atoms with Gasteiger partial charge in [-0.2, -0.15) is 0 Å². The molecule has 1 unspecified atom stereocenters. The molecule has 1 amide bonds. The zero-order valence-corrected chi connectivity index (χ0v) is 17.3. The summed E-state index contributed by atoms with van der Waals surface area (Å²) in [6.45, 7) is 6.45. The lowest BCUT2D eigenvalue weighted by molar-refractivity contribution is -0.135. The third kappa shape index (κ3) is 5.35. The normalized spacial score (nSPS) is 24.9. The maximum absolute atomic E-state index is 13.0. The fourth-order valence-corrected chi connectivity index (χ4v) is 4.27. The van der Waals surface area contributed by atoms with E-state index in [-0.39, 0.29) is 36.8 Å². The van der Waals surface area contributed by atoms with Gasteiger partial charge < -0.3 is 10.6 Å². The lowest BCUT2D eigenvalue weighted by atomic mass is 9.89. The molecule has 2 fully saturated rings. The highest BCUT2D eigenvalue weighted by atomic mass is 35.5. The summed E-state index contributed by atoms with van der Waals surface area (Å²) in [6, 6.07) is 10.5. The predicted octanol–water partition coefficient (Wildman–Crippen LogP) is 3.30. The molecule has 148 valence electrons. The van der Waals surface area contributed by atoms with Crippen molar-refractivity contribution in [2.45, 2.75) is 44.6 Å². The standard InChI is InChI=1S/C20H31N3O.2ClH/c1-16(22-11-7-2-3-8-12-22)20(24)23-14-18(13-21)19(15-23)17-9-5-4-6-10-17;;/h4-6,9-10,16,18-19H,2-3,7-8,11-15,21H2,1H3;2*1H/t16?,18-,19+;;/m1../s1. The second kappa shape index (κ2) is 11.1. The van der Waals surface area contributed by atoms with Gasteiger partial charge in [-0.1, -0.05) is 43.2 Å². The lowest BCUT2D eigenvalue weighted by Gasteiger charge is -2.30. The number of nitrogens with two attached hydrogens (primary N) is 1.